The molecular formula is C34H45N3O6. The van der Waals surface area contributed by atoms with Crippen LogP contribution >= 0.6 is 0 Å². The van der Waals surface area contributed by atoms with Crippen molar-refractivity contribution in [3.8, 4) is 0 Å². The molecule has 2 aromatic carbocycles. The summed E-state index contributed by atoms with van der Waals surface area (Å²) in [6.45, 7) is 9.62. The van der Waals surface area contributed by atoms with Gasteiger partial charge in [-0.15, -0.1) is 0 Å². The van der Waals surface area contributed by atoms with Gasteiger partial charge in [0, 0.05) is 12.1 Å². The van der Waals surface area contributed by atoms with Crippen molar-refractivity contribution in [2.24, 2.45) is 23.2 Å². The topological polar surface area (TPSA) is 123 Å². The van der Waals surface area contributed by atoms with Crippen LogP contribution in [0.2, 0.25) is 0 Å². The van der Waals surface area contributed by atoms with Gasteiger partial charge in [0.15, 0.2) is 6.10 Å². The number of hydrogen-bond donors (Lipinski definition) is 3. The van der Waals surface area contributed by atoms with Crippen LogP contribution < -0.4 is 16.0 Å². The third-order valence-corrected chi connectivity index (χ3v) is 9.42. The van der Waals surface area contributed by atoms with Crippen molar-refractivity contribution in [1.29, 1.82) is 0 Å². The third-order valence-electron chi connectivity index (χ3n) is 9.42. The van der Waals surface area contributed by atoms with Crippen LogP contribution in [0.1, 0.15) is 65.0 Å². The lowest BCUT2D eigenvalue weighted by atomic mass is 9.68. The average Bonchev–Trinajstić information content (AvgIpc) is 3.79. The highest BCUT2D eigenvalue weighted by molar-refractivity contribution is 5.97. The van der Waals surface area contributed by atoms with Gasteiger partial charge >= 0.3 is 12.1 Å². The van der Waals surface area contributed by atoms with Crippen LogP contribution in [0.5, 0.6) is 0 Å². The summed E-state index contributed by atoms with van der Waals surface area (Å²) < 4.78 is 10.6. The maximum absolute atomic E-state index is 13.2. The van der Waals surface area contributed by atoms with Crippen LogP contribution in [-0.4, -0.2) is 48.1 Å². The van der Waals surface area contributed by atoms with Gasteiger partial charge in [0.1, 0.15) is 18.1 Å². The molecule has 0 radical (unpaired) electrons. The fourth-order valence-corrected chi connectivity index (χ4v) is 5.88. The van der Waals surface area contributed by atoms with E-state index in [9.17, 15) is 19.2 Å². The molecule has 9 nitrogen and oxygen atoms in total. The van der Waals surface area contributed by atoms with Gasteiger partial charge in [0.05, 0.1) is 0 Å². The Morgan fingerprint density at radius 2 is 1.60 bits per heavy atom. The maximum atomic E-state index is 13.2. The number of cyclic esters (lactones) is 1. The van der Waals surface area contributed by atoms with Gasteiger partial charge in [0.2, 0.25) is 5.91 Å². The minimum Gasteiger partial charge on any atom is -0.450 e. The second kappa shape index (κ2) is 14.1. The fraction of sp³-hybridized carbons (Fsp3) is 0.529. The lowest BCUT2D eigenvalue weighted by molar-refractivity contribution is -0.213. The standard InChI is InChI=1S/C34H45N3O6/c1-6-21(2)34(5)29(43-32(34)40)31(39)37-28-19-26(28)22(3)27(18-17-24-13-9-7-10-14-24)36-30(38)23(4)35-33(41)42-20-25-15-11-8-12-16-25/h7-16,21-23,26-29H,6,17-20H2,1-5H3,(H,35,41)(H,36,38)(H,37,39)/t21-,22+,23-,26-,27?,28-,29-,34-/m0/s1. The van der Waals surface area contributed by atoms with Crippen LogP contribution in [-0.2, 0) is 36.9 Å². The first-order chi connectivity index (χ1) is 20.5. The zero-order valence-corrected chi connectivity index (χ0v) is 25.8. The Kier molecular flexibility index (Phi) is 10.5. The molecule has 1 saturated heterocycles. The van der Waals surface area contributed by atoms with Gasteiger partial charge in [-0.3, -0.25) is 14.4 Å². The van der Waals surface area contributed by atoms with Crippen LogP contribution in [0.3, 0.4) is 0 Å². The van der Waals surface area contributed by atoms with Crippen LogP contribution in [0, 0.1) is 23.2 Å². The number of alkyl carbamates (subject to hydrolysis) is 1. The summed E-state index contributed by atoms with van der Waals surface area (Å²) in [5, 5.41) is 8.88. The summed E-state index contributed by atoms with van der Waals surface area (Å²) in [5.41, 5.74) is 1.21. The van der Waals surface area contributed by atoms with E-state index in [0.717, 1.165) is 24.8 Å². The molecule has 1 unspecified atom stereocenters. The largest absolute Gasteiger partial charge is 0.450 e. The van der Waals surface area contributed by atoms with E-state index in [2.05, 4.69) is 35.0 Å². The number of ether oxygens (including phenoxy) is 2. The number of hydrogen-bond acceptors (Lipinski definition) is 6. The average molecular weight is 592 g/mol. The smallest absolute Gasteiger partial charge is 0.408 e. The van der Waals surface area contributed by atoms with Crippen LogP contribution in [0.15, 0.2) is 60.7 Å². The number of nitrogens with one attached hydrogen (secondary N) is 3. The third kappa shape index (κ3) is 7.75. The molecule has 2 aliphatic rings. The summed E-state index contributed by atoms with van der Waals surface area (Å²) in [6.07, 6.45) is 1.59. The fourth-order valence-electron chi connectivity index (χ4n) is 5.88. The molecule has 1 aliphatic carbocycles. The number of carbonyl (C=O) groups is 4. The molecule has 232 valence electrons. The highest BCUT2D eigenvalue weighted by atomic mass is 16.6. The molecule has 4 rings (SSSR count). The van der Waals surface area contributed by atoms with E-state index in [0.29, 0.717) is 6.42 Å². The van der Waals surface area contributed by atoms with Gasteiger partial charge in [0.25, 0.3) is 5.91 Å². The predicted octanol–water partition coefficient (Wildman–Crippen LogP) is 4.54. The molecule has 3 N–H and O–H groups in total. The zero-order valence-electron chi connectivity index (χ0n) is 25.8. The number of amides is 3. The Bertz CT molecular complexity index is 1270. The van der Waals surface area contributed by atoms with Gasteiger partial charge in [-0.05, 0) is 62.0 Å². The Morgan fingerprint density at radius 3 is 2.21 bits per heavy atom. The van der Waals surface area contributed by atoms with Crippen molar-refractivity contribution >= 4 is 23.9 Å². The molecule has 8 atom stereocenters. The molecule has 2 fully saturated rings. The Labute approximate surface area is 254 Å². The highest BCUT2D eigenvalue weighted by Crippen LogP contribution is 2.46. The molecule has 1 saturated carbocycles. The van der Waals surface area contributed by atoms with E-state index in [1.807, 2.05) is 69.3 Å². The zero-order chi connectivity index (χ0) is 31.1. The molecule has 0 spiro atoms. The molecule has 43 heavy (non-hydrogen) atoms. The summed E-state index contributed by atoms with van der Waals surface area (Å²) in [6, 6.07) is 18.4. The summed E-state index contributed by atoms with van der Waals surface area (Å²) in [5.74, 6) is -0.623. The number of aryl methyl sites for hydroxylation is 1. The van der Waals surface area contributed by atoms with E-state index < -0.39 is 23.7 Å². The maximum Gasteiger partial charge on any atom is 0.408 e. The van der Waals surface area contributed by atoms with Gasteiger partial charge < -0.3 is 25.4 Å². The molecule has 0 bridgehead atoms. The Morgan fingerprint density at radius 1 is 0.977 bits per heavy atom. The predicted molar refractivity (Wildman–Crippen MR) is 163 cm³/mol. The van der Waals surface area contributed by atoms with Crippen molar-refractivity contribution < 1.29 is 28.7 Å². The minimum absolute atomic E-state index is 0.0298. The van der Waals surface area contributed by atoms with E-state index in [-0.39, 0.29) is 54.2 Å². The van der Waals surface area contributed by atoms with E-state index in [4.69, 9.17) is 9.47 Å². The summed E-state index contributed by atoms with van der Waals surface area (Å²) in [4.78, 5) is 50.9. The molecule has 1 aliphatic heterocycles. The highest BCUT2D eigenvalue weighted by Gasteiger charge is 2.61. The van der Waals surface area contributed by atoms with Gasteiger partial charge in [-0.2, -0.15) is 0 Å². The van der Waals surface area contributed by atoms with Crippen molar-refractivity contribution in [3.05, 3.63) is 71.8 Å². The minimum atomic E-state index is -0.813. The SMILES string of the molecule is CC[C@H](C)[C@]1(C)C(=O)O[C@H]1C(=O)N[C@H]1C[C@H]1[C@@H](C)C(CCc1ccccc1)NC(=O)[C@H](C)NC(=O)OCc1ccccc1. The molecule has 9 heteroatoms. The number of carbonyl (C=O) groups excluding carboxylic acids is 4. The lowest BCUT2D eigenvalue weighted by Gasteiger charge is -2.46. The molecular weight excluding hydrogens is 546 g/mol. The molecule has 3 amide bonds. The Balaban J connectivity index is 1.33. The van der Waals surface area contributed by atoms with E-state index in [1.54, 1.807) is 6.92 Å². The first kappa shape index (κ1) is 32.0. The summed E-state index contributed by atoms with van der Waals surface area (Å²) in [7, 11) is 0. The van der Waals surface area contributed by atoms with Crippen molar-refractivity contribution in [2.75, 3.05) is 0 Å². The lowest BCUT2D eigenvalue weighted by Crippen LogP contribution is -2.64. The monoisotopic (exact) mass is 591 g/mol. The van der Waals surface area contributed by atoms with Crippen molar-refractivity contribution in [3.63, 3.8) is 0 Å². The van der Waals surface area contributed by atoms with Crippen molar-refractivity contribution in [2.45, 2.75) is 91.1 Å². The second-order valence-corrected chi connectivity index (χ2v) is 12.3. The van der Waals surface area contributed by atoms with E-state index in [1.165, 1.54) is 5.56 Å². The van der Waals surface area contributed by atoms with Crippen molar-refractivity contribution in [1.82, 2.24) is 16.0 Å². The van der Waals surface area contributed by atoms with Gasteiger partial charge in [-0.25, -0.2) is 4.79 Å². The number of benzene rings is 2. The van der Waals surface area contributed by atoms with E-state index >= 15 is 0 Å². The van der Waals surface area contributed by atoms with Crippen LogP contribution in [0.4, 0.5) is 4.79 Å². The first-order valence-electron chi connectivity index (χ1n) is 15.4. The second-order valence-electron chi connectivity index (χ2n) is 12.3. The quantitative estimate of drug-likeness (QED) is 0.277. The normalized spacial score (nSPS) is 25.1. The van der Waals surface area contributed by atoms with Gasteiger partial charge in [-0.1, -0.05) is 87.9 Å². The first-order valence-corrected chi connectivity index (χ1v) is 15.4. The number of esters is 1. The molecule has 1 heterocycles. The van der Waals surface area contributed by atoms with Crippen LogP contribution in [0.25, 0.3) is 0 Å². The molecule has 2 aromatic rings. The number of rotatable bonds is 14. The Hall–Kier alpha value is -3.88. The molecule has 0 aromatic heterocycles. The summed E-state index contributed by atoms with van der Waals surface area (Å²) >= 11 is 0.